The zero-order chi connectivity index (χ0) is 21.8. The van der Waals surface area contributed by atoms with Crippen LogP contribution in [-0.2, 0) is 18.3 Å². The number of amides is 1. The number of ketones is 1. The van der Waals surface area contributed by atoms with Gasteiger partial charge >= 0.3 is 0 Å². The fourth-order valence-corrected chi connectivity index (χ4v) is 6.09. The van der Waals surface area contributed by atoms with Gasteiger partial charge in [-0.2, -0.15) is 0 Å². The van der Waals surface area contributed by atoms with Crippen molar-refractivity contribution in [1.29, 1.82) is 0 Å². The highest BCUT2D eigenvalue weighted by Crippen LogP contribution is 2.43. The van der Waals surface area contributed by atoms with Crippen LogP contribution in [-0.4, -0.2) is 34.7 Å². The Morgan fingerprint density at radius 2 is 1.84 bits per heavy atom. The van der Waals surface area contributed by atoms with Gasteiger partial charge in [0.25, 0.3) is 11.5 Å². The van der Waals surface area contributed by atoms with Crippen molar-refractivity contribution in [2.24, 2.45) is 5.41 Å². The van der Waals surface area contributed by atoms with Gasteiger partial charge in [-0.05, 0) is 61.1 Å². The van der Waals surface area contributed by atoms with Crippen LogP contribution in [0.1, 0.15) is 83.5 Å². The number of Topliss-reactive ketones (excluding diaryl/α,β-unsaturated/α-hetero) is 1. The second kappa shape index (κ2) is 7.18. The van der Waals surface area contributed by atoms with E-state index in [-0.39, 0.29) is 33.6 Å². The van der Waals surface area contributed by atoms with Crippen LogP contribution in [0.25, 0.3) is 0 Å². The highest BCUT2D eigenvalue weighted by Gasteiger charge is 2.42. The molecule has 1 aliphatic heterocycles. The number of aromatic amines is 1. The predicted octanol–water partition coefficient (Wildman–Crippen LogP) is 4.04. The number of nitrogens with zero attached hydrogens (tertiary/aromatic N) is 1. The number of hydrogen-bond donors (Lipinski definition) is 1. The van der Waals surface area contributed by atoms with Crippen LogP contribution in [0.15, 0.2) is 35.1 Å². The third-order valence-electron chi connectivity index (χ3n) is 7.50. The van der Waals surface area contributed by atoms with Gasteiger partial charge in [0.2, 0.25) is 0 Å². The molecule has 1 unspecified atom stereocenters. The van der Waals surface area contributed by atoms with Gasteiger partial charge in [0.1, 0.15) is 5.56 Å². The summed E-state index contributed by atoms with van der Waals surface area (Å²) < 4.78 is 0. The molecule has 0 saturated carbocycles. The summed E-state index contributed by atoms with van der Waals surface area (Å²) in [6.07, 6.45) is 6.36. The minimum absolute atomic E-state index is 0.00729. The topological polar surface area (TPSA) is 70.2 Å². The average Bonchev–Trinajstić information content (AvgIpc) is 2.72. The van der Waals surface area contributed by atoms with Crippen LogP contribution in [0, 0.1) is 5.41 Å². The lowest BCUT2D eigenvalue weighted by Crippen LogP contribution is -2.50. The number of aromatic nitrogens is 1. The van der Waals surface area contributed by atoms with Crippen LogP contribution in [0.4, 0.5) is 0 Å². The second-order valence-corrected chi connectivity index (χ2v) is 10.5. The van der Waals surface area contributed by atoms with Crippen molar-refractivity contribution in [2.75, 3.05) is 13.1 Å². The predicted molar refractivity (Wildman–Crippen MR) is 120 cm³/mol. The molecule has 31 heavy (non-hydrogen) atoms. The summed E-state index contributed by atoms with van der Waals surface area (Å²) in [7, 11) is 0. The Bertz CT molecular complexity index is 1130. The number of H-pyrrole nitrogens is 1. The van der Waals surface area contributed by atoms with E-state index < -0.39 is 0 Å². The zero-order valence-electron chi connectivity index (χ0n) is 18.4. The Morgan fingerprint density at radius 3 is 2.68 bits per heavy atom. The van der Waals surface area contributed by atoms with Crippen LogP contribution in [0.2, 0.25) is 0 Å². The molecule has 2 heterocycles. The zero-order valence-corrected chi connectivity index (χ0v) is 18.4. The molecule has 0 radical (unpaired) electrons. The number of nitrogens with one attached hydrogen (secondary N) is 1. The number of likely N-dealkylation sites (tertiary alicyclic amines) is 1. The van der Waals surface area contributed by atoms with Gasteiger partial charge in [-0.25, -0.2) is 0 Å². The van der Waals surface area contributed by atoms with E-state index >= 15 is 0 Å². The summed E-state index contributed by atoms with van der Waals surface area (Å²) in [6, 6.07) is 10.2. The van der Waals surface area contributed by atoms with Gasteiger partial charge in [0.05, 0.1) is 0 Å². The molecule has 5 heteroatoms. The Hall–Kier alpha value is -2.69. The molecule has 2 aliphatic carbocycles. The Morgan fingerprint density at radius 1 is 1.06 bits per heavy atom. The molecule has 1 aromatic carbocycles. The summed E-state index contributed by atoms with van der Waals surface area (Å²) in [5.41, 5.74) is 3.47. The fourth-order valence-electron chi connectivity index (χ4n) is 6.09. The largest absolute Gasteiger partial charge is 0.338 e. The van der Waals surface area contributed by atoms with Crippen LogP contribution >= 0.6 is 0 Å². The maximum Gasteiger partial charge on any atom is 0.261 e. The number of carbonyl (C=O) groups excluding carboxylic acids is 2. The number of rotatable bonds is 1. The fraction of sp³-hybridized carbons (Fsp3) is 0.500. The Kier molecular flexibility index (Phi) is 4.68. The first-order valence-electron chi connectivity index (χ1n) is 11.5. The van der Waals surface area contributed by atoms with Crippen molar-refractivity contribution in [3.8, 4) is 0 Å². The molecule has 5 rings (SSSR count). The third-order valence-corrected chi connectivity index (χ3v) is 7.50. The lowest BCUT2D eigenvalue weighted by Gasteiger charge is -2.46. The molecule has 0 bridgehead atoms. The summed E-state index contributed by atoms with van der Waals surface area (Å²) in [5, 5.41) is 0. The quantitative estimate of drug-likeness (QED) is 0.760. The van der Waals surface area contributed by atoms with Crippen LogP contribution in [0.5, 0.6) is 0 Å². The monoisotopic (exact) mass is 418 g/mol. The molecule has 2 aromatic rings. The van der Waals surface area contributed by atoms with Crippen molar-refractivity contribution >= 4 is 11.7 Å². The van der Waals surface area contributed by atoms with E-state index in [1.807, 2.05) is 18.7 Å². The highest BCUT2D eigenvalue weighted by atomic mass is 16.2. The number of carbonyl (C=O) groups is 2. The van der Waals surface area contributed by atoms with Crippen molar-refractivity contribution in [2.45, 2.75) is 64.2 Å². The van der Waals surface area contributed by atoms with E-state index in [1.54, 1.807) is 6.07 Å². The lowest BCUT2D eigenvalue weighted by molar-refractivity contribution is 0.0615. The van der Waals surface area contributed by atoms with E-state index in [4.69, 9.17) is 0 Å². The van der Waals surface area contributed by atoms with Crippen molar-refractivity contribution in [1.82, 2.24) is 9.88 Å². The minimum Gasteiger partial charge on any atom is -0.338 e. The number of hydrogen-bond acceptors (Lipinski definition) is 3. The molecule has 162 valence electrons. The second-order valence-electron chi connectivity index (χ2n) is 10.5. The maximum absolute atomic E-state index is 13.5. The molecule has 3 aliphatic rings. The normalized spacial score (nSPS) is 24.6. The van der Waals surface area contributed by atoms with Gasteiger partial charge in [-0.1, -0.05) is 38.1 Å². The minimum atomic E-state index is -0.377. The Labute approximate surface area is 182 Å². The lowest BCUT2D eigenvalue weighted by atomic mass is 9.66. The first-order chi connectivity index (χ1) is 14.8. The number of piperidine rings is 1. The van der Waals surface area contributed by atoms with Crippen molar-refractivity contribution < 1.29 is 9.59 Å². The summed E-state index contributed by atoms with van der Waals surface area (Å²) in [5.74, 6) is -0.239. The van der Waals surface area contributed by atoms with E-state index in [0.29, 0.717) is 37.2 Å². The summed E-state index contributed by atoms with van der Waals surface area (Å²) >= 11 is 0. The molecule has 1 aromatic heterocycles. The van der Waals surface area contributed by atoms with Crippen LogP contribution in [0.3, 0.4) is 0 Å². The molecular weight excluding hydrogens is 388 g/mol. The Balaban J connectivity index is 1.47. The number of fused-ring (bicyclic) bond motifs is 3. The van der Waals surface area contributed by atoms with Gasteiger partial charge in [0.15, 0.2) is 5.78 Å². The summed E-state index contributed by atoms with van der Waals surface area (Å²) in [4.78, 5) is 43.7. The summed E-state index contributed by atoms with van der Waals surface area (Å²) in [6.45, 7) is 5.35. The van der Waals surface area contributed by atoms with Gasteiger partial charge < -0.3 is 9.88 Å². The molecule has 1 fully saturated rings. The molecule has 1 amide bonds. The number of aryl methyl sites for hydroxylation is 1. The van der Waals surface area contributed by atoms with Gasteiger partial charge in [0, 0.05) is 36.2 Å². The maximum atomic E-state index is 13.5. The van der Waals surface area contributed by atoms with E-state index in [1.165, 1.54) is 11.1 Å². The van der Waals surface area contributed by atoms with Crippen molar-refractivity contribution in [3.63, 3.8) is 0 Å². The standard InChI is InChI=1S/C26H30N2O3/c1-25(2)14-21-18(22(29)15-25)13-19(23(30)27-21)24(31)28-12-6-11-26(16-28)10-5-8-17-7-3-4-9-20(17)26/h3-4,7,9,13H,5-6,8,10-12,14-16H2,1-2H3,(H,27,30). The van der Waals surface area contributed by atoms with E-state index in [9.17, 15) is 14.4 Å². The van der Waals surface area contributed by atoms with Gasteiger partial charge in [-0.3, -0.25) is 14.4 Å². The first-order valence-corrected chi connectivity index (χ1v) is 11.5. The van der Waals surface area contributed by atoms with Crippen LogP contribution < -0.4 is 5.56 Å². The molecule has 1 atom stereocenters. The molecule has 1 spiro atoms. The molecular formula is C26H30N2O3. The molecule has 1 N–H and O–H groups in total. The number of pyridine rings is 1. The first kappa shape index (κ1) is 20.2. The van der Waals surface area contributed by atoms with Crippen molar-refractivity contribution in [3.05, 3.63) is 68.6 Å². The third kappa shape index (κ3) is 3.44. The molecule has 1 saturated heterocycles. The van der Waals surface area contributed by atoms with E-state index in [2.05, 4.69) is 29.2 Å². The molecule has 5 nitrogen and oxygen atoms in total. The number of benzene rings is 1. The highest BCUT2D eigenvalue weighted by molar-refractivity contribution is 6.02. The van der Waals surface area contributed by atoms with Gasteiger partial charge in [-0.15, -0.1) is 0 Å². The average molecular weight is 419 g/mol. The smallest absolute Gasteiger partial charge is 0.261 e. The SMILES string of the molecule is CC1(C)CC(=O)c2cc(C(=O)N3CCCC4(CCCc5ccccc54)C3)c(=O)[nH]c2C1. The van der Waals surface area contributed by atoms with E-state index in [0.717, 1.165) is 32.1 Å².